The quantitative estimate of drug-likeness (QED) is 0.850. The highest BCUT2D eigenvalue weighted by Gasteiger charge is 2.27. The van der Waals surface area contributed by atoms with Crippen molar-refractivity contribution in [3.63, 3.8) is 0 Å². The van der Waals surface area contributed by atoms with Crippen molar-refractivity contribution in [2.75, 3.05) is 13.1 Å². The zero-order valence-corrected chi connectivity index (χ0v) is 10.3. The number of rotatable bonds is 2. The van der Waals surface area contributed by atoms with Gasteiger partial charge in [0.25, 0.3) is 5.91 Å². The van der Waals surface area contributed by atoms with Crippen LogP contribution in [0.5, 0.6) is 0 Å². The Morgan fingerprint density at radius 1 is 1.32 bits per heavy atom. The molecule has 1 N–H and O–H groups in total. The molecule has 0 saturated carbocycles. The summed E-state index contributed by atoms with van der Waals surface area (Å²) < 4.78 is 0. The average molecular weight is 258 g/mol. The molecular weight excluding hydrogens is 244 g/mol. The molecule has 98 valence electrons. The Kier molecular flexibility index (Phi) is 3.00. The molecule has 1 saturated heterocycles. The van der Waals surface area contributed by atoms with Gasteiger partial charge in [0.05, 0.1) is 18.0 Å². The zero-order chi connectivity index (χ0) is 13.2. The van der Waals surface area contributed by atoms with E-state index in [9.17, 15) is 9.90 Å². The molecule has 6 nitrogen and oxygen atoms in total. The van der Waals surface area contributed by atoms with Crippen molar-refractivity contribution in [3.05, 3.63) is 42.2 Å². The van der Waals surface area contributed by atoms with Gasteiger partial charge >= 0.3 is 0 Å². The number of carbonyl (C=O) groups excluding carboxylic acids is 1. The normalized spacial score (nSPS) is 18.8. The molecule has 0 bridgehead atoms. The molecular formula is C13H14N4O2. The third-order valence-electron chi connectivity index (χ3n) is 3.15. The maximum Gasteiger partial charge on any atom is 0.276 e. The standard InChI is InChI=1S/C13H14N4O2/c18-11-6-7-16(9-11)13(19)12-8-14-17(15-12)10-4-2-1-3-5-10/h1-5,8,11,18H,6-7,9H2. The lowest BCUT2D eigenvalue weighted by Gasteiger charge is -2.12. The van der Waals surface area contributed by atoms with Gasteiger partial charge in [-0.3, -0.25) is 4.79 Å². The summed E-state index contributed by atoms with van der Waals surface area (Å²) in [4.78, 5) is 15.2. The molecule has 2 aromatic rings. The van der Waals surface area contributed by atoms with Gasteiger partial charge in [0.15, 0.2) is 5.69 Å². The number of nitrogens with zero attached hydrogens (tertiary/aromatic N) is 4. The van der Waals surface area contributed by atoms with E-state index in [-0.39, 0.29) is 5.91 Å². The fourth-order valence-corrected chi connectivity index (χ4v) is 2.14. The maximum absolute atomic E-state index is 12.1. The third-order valence-corrected chi connectivity index (χ3v) is 3.15. The minimum Gasteiger partial charge on any atom is -0.391 e. The summed E-state index contributed by atoms with van der Waals surface area (Å²) in [5.41, 5.74) is 1.11. The molecule has 1 aromatic carbocycles. The number of aliphatic hydroxyl groups is 1. The van der Waals surface area contributed by atoms with E-state index in [1.165, 1.54) is 11.0 Å². The van der Waals surface area contributed by atoms with Crippen LogP contribution in [0.2, 0.25) is 0 Å². The minimum absolute atomic E-state index is 0.182. The molecule has 19 heavy (non-hydrogen) atoms. The fraction of sp³-hybridized carbons (Fsp3) is 0.308. The minimum atomic E-state index is -0.423. The SMILES string of the molecule is O=C(c1cnn(-c2ccccc2)n1)N1CCC(O)C1. The second-order valence-electron chi connectivity index (χ2n) is 4.55. The topological polar surface area (TPSA) is 71.2 Å². The largest absolute Gasteiger partial charge is 0.391 e. The number of para-hydroxylation sites is 1. The number of benzene rings is 1. The van der Waals surface area contributed by atoms with E-state index in [1.54, 1.807) is 4.90 Å². The van der Waals surface area contributed by atoms with Crippen LogP contribution in [0.3, 0.4) is 0 Å². The molecule has 2 heterocycles. The molecule has 1 fully saturated rings. The van der Waals surface area contributed by atoms with E-state index in [2.05, 4.69) is 10.2 Å². The van der Waals surface area contributed by atoms with Gasteiger partial charge in [-0.05, 0) is 18.6 Å². The summed E-state index contributed by atoms with van der Waals surface area (Å²) in [7, 11) is 0. The molecule has 3 rings (SSSR count). The number of hydrogen-bond donors (Lipinski definition) is 1. The lowest BCUT2D eigenvalue weighted by molar-refractivity contribution is 0.0759. The summed E-state index contributed by atoms with van der Waals surface area (Å²) in [6.07, 6.45) is 1.66. The summed E-state index contributed by atoms with van der Waals surface area (Å²) >= 11 is 0. The molecule has 6 heteroatoms. The Morgan fingerprint density at radius 3 is 2.79 bits per heavy atom. The van der Waals surface area contributed by atoms with Crippen LogP contribution in [0, 0.1) is 0 Å². The van der Waals surface area contributed by atoms with E-state index in [0.717, 1.165) is 5.69 Å². The van der Waals surface area contributed by atoms with E-state index in [4.69, 9.17) is 0 Å². The van der Waals surface area contributed by atoms with Gasteiger partial charge in [-0.25, -0.2) is 0 Å². The second kappa shape index (κ2) is 4.81. The highest BCUT2D eigenvalue weighted by Crippen LogP contribution is 2.12. The van der Waals surface area contributed by atoms with Crippen LogP contribution in [-0.2, 0) is 0 Å². The molecule has 0 aliphatic carbocycles. The van der Waals surface area contributed by atoms with Crippen LogP contribution >= 0.6 is 0 Å². The average Bonchev–Trinajstić information content (AvgIpc) is 3.08. The highest BCUT2D eigenvalue weighted by atomic mass is 16.3. The van der Waals surface area contributed by atoms with E-state index < -0.39 is 6.10 Å². The fourth-order valence-electron chi connectivity index (χ4n) is 2.14. The van der Waals surface area contributed by atoms with Crippen molar-refractivity contribution in [1.82, 2.24) is 19.9 Å². The predicted octanol–water partition coefficient (Wildman–Crippen LogP) is 0.474. The van der Waals surface area contributed by atoms with Gasteiger partial charge in [-0.2, -0.15) is 9.90 Å². The maximum atomic E-state index is 12.1. The number of aliphatic hydroxyl groups excluding tert-OH is 1. The van der Waals surface area contributed by atoms with Crippen molar-refractivity contribution < 1.29 is 9.90 Å². The van der Waals surface area contributed by atoms with Gasteiger partial charge in [0.1, 0.15) is 0 Å². The number of β-amino-alcohol motifs (C(OH)–C–C–N with tert-alkyl or cyclic N) is 1. The lowest BCUT2D eigenvalue weighted by Crippen LogP contribution is -2.29. The van der Waals surface area contributed by atoms with Crippen molar-refractivity contribution in [2.45, 2.75) is 12.5 Å². The zero-order valence-electron chi connectivity index (χ0n) is 10.3. The van der Waals surface area contributed by atoms with Gasteiger partial charge in [-0.15, -0.1) is 5.10 Å². The number of carbonyl (C=O) groups is 1. The Bertz CT molecular complexity index is 581. The summed E-state index contributed by atoms with van der Waals surface area (Å²) in [5, 5.41) is 17.7. The number of likely N-dealkylation sites (tertiary alicyclic amines) is 1. The summed E-state index contributed by atoms with van der Waals surface area (Å²) in [5.74, 6) is -0.182. The smallest absolute Gasteiger partial charge is 0.276 e. The first-order chi connectivity index (χ1) is 9.24. The van der Waals surface area contributed by atoms with Gasteiger partial charge in [-0.1, -0.05) is 18.2 Å². The first kappa shape index (κ1) is 11.9. The van der Waals surface area contributed by atoms with Crippen LogP contribution in [0.4, 0.5) is 0 Å². The lowest BCUT2D eigenvalue weighted by atomic mass is 10.3. The Morgan fingerprint density at radius 2 is 2.11 bits per heavy atom. The first-order valence-electron chi connectivity index (χ1n) is 6.19. The molecule has 1 aliphatic rings. The van der Waals surface area contributed by atoms with Crippen LogP contribution in [0.15, 0.2) is 36.5 Å². The summed E-state index contributed by atoms with van der Waals surface area (Å²) in [6.45, 7) is 0.940. The van der Waals surface area contributed by atoms with E-state index >= 15 is 0 Å². The van der Waals surface area contributed by atoms with Crippen molar-refractivity contribution in [2.24, 2.45) is 0 Å². The van der Waals surface area contributed by atoms with Crippen molar-refractivity contribution in [3.8, 4) is 5.69 Å². The Hall–Kier alpha value is -2.21. The number of hydrogen-bond acceptors (Lipinski definition) is 4. The van der Waals surface area contributed by atoms with Crippen LogP contribution in [0.1, 0.15) is 16.9 Å². The molecule has 1 unspecified atom stereocenters. The van der Waals surface area contributed by atoms with Gasteiger partial charge < -0.3 is 10.0 Å². The number of aromatic nitrogens is 3. The molecule has 0 radical (unpaired) electrons. The predicted molar refractivity (Wildman–Crippen MR) is 67.9 cm³/mol. The first-order valence-corrected chi connectivity index (χ1v) is 6.19. The molecule has 0 spiro atoms. The molecule has 1 aliphatic heterocycles. The Labute approximate surface area is 110 Å². The second-order valence-corrected chi connectivity index (χ2v) is 4.55. The van der Waals surface area contributed by atoms with E-state index in [1.807, 2.05) is 30.3 Å². The van der Waals surface area contributed by atoms with Gasteiger partial charge in [0.2, 0.25) is 0 Å². The molecule has 1 aromatic heterocycles. The monoisotopic (exact) mass is 258 g/mol. The molecule has 1 amide bonds. The third kappa shape index (κ3) is 2.34. The Balaban J connectivity index is 1.80. The van der Waals surface area contributed by atoms with Crippen LogP contribution in [-0.4, -0.2) is 50.1 Å². The molecule has 1 atom stereocenters. The van der Waals surface area contributed by atoms with Crippen molar-refractivity contribution in [1.29, 1.82) is 0 Å². The van der Waals surface area contributed by atoms with Gasteiger partial charge in [0, 0.05) is 13.1 Å². The van der Waals surface area contributed by atoms with Crippen LogP contribution in [0.25, 0.3) is 5.69 Å². The van der Waals surface area contributed by atoms with Crippen LogP contribution < -0.4 is 0 Å². The van der Waals surface area contributed by atoms with E-state index in [0.29, 0.717) is 25.2 Å². The number of amides is 1. The summed E-state index contributed by atoms with van der Waals surface area (Å²) in [6, 6.07) is 9.42. The van der Waals surface area contributed by atoms with Crippen molar-refractivity contribution >= 4 is 5.91 Å². The highest BCUT2D eigenvalue weighted by molar-refractivity contribution is 5.92.